The van der Waals surface area contributed by atoms with Crippen LogP contribution >= 0.6 is 0 Å². The monoisotopic (exact) mass is 299 g/mol. The van der Waals surface area contributed by atoms with Gasteiger partial charge in [-0.05, 0) is 32.9 Å². The first-order valence-electron chi connectivity index (χ1n) is 6.48. The number of carbonyl (C=O) groups is 1. The van der Waals surface area contributed by atoms with Gasteiger partial charge in [0.25, 0.3) is 0 Å². The molecule has 0 saturated carbocycles. The van der Waals surface area contributed by atoms with E-state index in [1.165, 1.54) is 6.07 Å². The summed E-state index contributed by atoms with van der Waals surface area (Å²) in [6.45, 7) is 5.84. The van der Waals surface area contributed by atoms with Crippen LogP contribution in [-0.4, -0.2) is 33.5 Å². The molecule has 0 aromatic heterocycles. The van der Waals surface area contributed by atoms with Crippen molar-refractivity contribution in [2.75, 3.05) is 18.4 Å². The highest BCUT2D eigenvalue weighted by Crippen LogP contribution is 2.20. The van der Waals surface area contributed by atoms with Crippen molar-refractivity contribution in [3.05, 3.63) is 24.3 Å². The van der Waals surface area contributed by atoms with E-state index in [9.17, 15) is 13.2 Å². The Balaban J connectivity index is 2.81. The molecule has 0 spiro atoms. The maximum atomic E-state index is 12.2. The Morgan fingerprint density at radius 3 is 2.50 bits per heavy atom. The number of benzene rings is 1. The van der Waals surface area contributed by atoms with E-state index in [1.807, 2.05) is 20.8 Å². The molecule has 0 heterocycles. The van der Waals surface area contributed by atoms with E-state index in [1.54, 1.807) is 18.2 Å². The summed E-state index contributed by atoms with van der Waals surface area (Å²) in [6, 6.07) is 6.56. The molecule has 112 valence electrons. The second-order valence-corrected chi connectivity index (χ2v) is 6.31. The van der Waals surface area contributed by atoms with E-state index in [4.69, 9.17) is 0 Å². The largest absolute Gasteiger partial charge is 0.384 e. The van der Waals surface area contributed by atoms with Crippen molar-refractivity contribution in [3.63, 3.8) is 0 Å². The molecule has 1 rings (SSSR count). The van der Waals surface area contributed by atoms with Gasteiger partial charge in [0.15, 0.2) is 0 Å². The summed E-state index contributed by atoms with van der Waals surface area (Å²) < 4.78 is 26.7. The minimum Gasteiger partial charge on any atom is -0.384 e. The molecule has 7 heteroatoms. The van der Waals surface area contributed by atoms with Crippen LogP contribution < -0.4 is 15.4 Å². The van der Waals surface area contributed by atoms with Crippen LogP contribution in [0.15, 0.2) is 29.2 Å². The van der Waals surface area contributed by atoms with Crippen LogP contribution in [0.25, 0.3) is 0 Å². The van der Waals surface area contributed by atoms with Gasteiger partial charge in [0.1, 0.15) is 4.90 Å². The Kier molecular flexibility index (Phi) is 5.97. The van der Waals surface area contributed by atoms with Gasteiger partial charge in [0, 0.05) is 12.6 Å². The van der Waals surface area contributed by atoms with Gasteiger partial charge in [-0.15, -0.1) is 0 Å². The third-order valence-corrected chi connectivity index (χ3v) is 3.88. The summed E-state index contributed by atoms with van der Waals surface area (Å²) in [6.07, 6.45) is 0. The van der Waals surface area contributed by atoms with Gasteiger partial charge < -0.3 is 10.6 Å². The fraction of sp³-hybridized carbons (Fsp3) is 0.462. The van der Waals surface area contributed by atoms with Crippen LogP contribution in [0.4, 0.5) is 5.69 Å². The van der Waals surface area contributed by atoms with Crippen molar-refractivity contribution in [2.24, 2.45) is 0 Å². The van der Waals surface area contributed by atoms with Crippen molar-refractivity contribution in [1.82, 2.24) is 10.0 Å². The van der Waals surface area contributed by atoms with E-state index in [2.05, 4.69) is 15.4 Å². The topological polar surface area (TPSA) is 87.3 Å². The van der Waals surface area contributed by atoms with Crippen molar-refractivity contribution >= 4 is 21.6 Å². The second kappa shape index (κ2) is 7.25. The van der Waals surface area contributed by atoms with Crippen molar-refractivity contribution in [1.29, 1.82) is 0 Å². The van der Waals surface area contributed by atoms with Crippen LogP contribution in [0.2, 0.25) is 0 Å². The molecule has 0 aliphatic heterocycles. The third kappa shape index (κ3) is 4.82. The third-order valence-electron chi connectivity index (χ3n) is 2.42. The zero-order chi connectivity index (χ0) is 15.2. The van der Waals surface area contributed by atoms with Crippen LogP contribution in [0.1, 0.15) is 20.8 Å². The molecule has 0 fully saturated rings. The Hall–Kier alpha value is -1.60. The molecule has 0 radical (unpaired) electrons. The number of rotatable bonds is 7. The highest BCUT2D eigenvalue weighted by Gasteiger charge is 2.18. The Morgan fingerprint density at radius 1 is 1.25 bits per heavy atom. The number of para-hydroxylation sites is 1. The number of hydrogen-bond donors (Lipinski definition) is 3. The maximum absolute atomic E-state index is 12.2. The van der Waals surface area contributed by atoms with Gasteiger partial charge in [0.05, 0.1) is 12.2 Å². The molecule has 1 aromatic rings. The number of hydrogen-bond acceptors (Lipinski definition) is 4. The molecule has 0 aliphatic rings. The van der Waals surface area contributed by atoms with Gasteiger partial charge in [-0.25, -0.2) is 13.1 Å². The lowest BCUT2D eigenvalue weighted by atomic mass is 10.3. The molecular weight excluding hydrogens is 278 g/mol. The van der Waals surface area contributed by atoms with E-state index in [0.717, 1.165) is 0 Å². The van der Waals surface area contributed by atoms with Gasteiger partial charge in [0.2, 0.25) is 15.9 Å². The van der Waals surface area contributed by atoms with Crippen LogP contribution in [0, 0.1) is 0 Å². The molecule has 0 bridgehead atoms. The summed E-state index contributed by atoms with van der Waals surface area (Å²) in [5.41, 5.74) is 0.520. The van der Waals surface area contributed by atoms with Crippen molar-refractivity contribution in [3.8, 4) is 0 Å². The Bertz CT molecular complexity index is 556. The van der Waals surface area contributed by atoms with Gasteiger partial charge >= 0.3 is 0 Å². The van der Waals surface area contributed by atoms with Crippen molar-refractivity contribution < 1.29 is 13.2 Å². The predicted octanol–water partition coefficient (Wildman–Crippen LogP) is 0.921. The molecule has 0 saturated heterocycles. The number of anilines is 1. The molecule has 6 nitrogen and oxygen atoms in total. The lowest BCUT2D eigenvalue weighted by Crippen LogP contribution is -2.39. The summed E-state index contributed by atoms with van der Waals surface area (Å²) in [4.78, 5) is 11.6. The van der Waals surface area contributed by atoms with Gasteiger partial charge in [-0.2, -0.15) is 0 Å². The summed E-state index contributed by atoms with van der Waals surface area (Å²) >= 11 is 0. The molecule has 3 N–H and O–H groups in total. The Labute approximate surface area is 120 Å². The minimum atomic E-state index is -3.72. The van der Waals surface area contributed by atoms with E-state index in [-0.39, 0.29) is 23.4 Å². The fourth-order valence-electron chi connectivity index (χ4n) is 1.65. The average molecular weight is 299 g/mol. The van der Waals surface area contributed by atoms with Gasteiger partial charge in [-0.3, -0.25) is 4.79 Å². The number of sulfonamides is 1. The van der Waals surface area contributed by atoms with E-state index < -0.39 is 10.0 Å². The average Bonchev–Trinajstić information content (AvgIpc) is 2.37. The molecule has 0 unspecified atom stereocenters. The number of amides is 1. The van der Waals surface area contributed by atoms with E-state index in [0.29, 0.717) is 12.2 Å². The first-order valence-corrected chi connectivity index (χ1v) is 7.97. The summed E-state index contributed by atoms with van der Waals surface area (Å²) in [7, 11) is -3.72. The van der Waals surface area contributed by atoms with E-state index >= 15 is 0 Å². The lowest BCUT2D eigenvalue weighted by Gasteiger charge is -2.13. The predicted molar refractivity (Wildman–Crippen MR) is 79.1 cm³/mol. The quantitative estimate of drug-likeness (QED) is 0.699. The Morgan fingerprint density at radius 2 is 1.90 bits per heavy atom. The second-order valence-electron chi connectivity index (χ2n) is 4.57. The van der Waals surface area contributed by atoms with Crippen LogP contribution in [0.3, 0.4) is 0 Å². The molecule has 1 aromatic carbocycles. The molecule has 1 amide bonds. The smallest absolute Gasteiger partial charge is 0.243 e. The normalized spacial score (nSPS) is 11.4. The highest BCUT2D eigenvalue weighted by molar-refractivity contribution is 7.89. The SMILES string of the molecule is CCNc1ccccc1S(=O)(=O)NCC(=O)NC(C)C. The zero-order valence-electron chi connectivity index (χ0n) is 11.9. The number of nitrogens with one attached hydrogen (secondary N) is 3. The summed E-state index contributed by atoms with van der Waals surface area (Å²) in [5.74, 6) is -0.357. The molecule has 0 atom stereocenters. The molecule has 20 heavy (non-hydrogen) atoms. The van der Waals surface area contributed by atoms with Gasteiger partial charge in [-0.1, -0.05) is 12.1 Å². The standard InChI is InChI=1S/C13H21N3O3S/c1-4-14-11-7-5-6-8-12(11)20(18,19)15-9-13(17)16-10(2)3/h5-8,10,14-15H,4,9H2,1-3H3,(H,16,17). The molecule has 0 aliphatic carbocycles. The minimum absolute atomic E-state index is 0.0268. The van der Waals surface area contributed by atoms with Crippen LogP contribution in [-0.2, 0) is 14.8 Å². The first kappa shape index (κ1) is 16.5. The fourth-order valence-corrected chi connectivity index (χ4v) is 2.81. The maximum Gasteiger partial charge on any atom is 0.243 e. The molecular formula is C13H21N3O3S. The summed E-state index contributed by atoms with van der Waals surface area (Å²) in [5, 5.41) is 5.61. The highest BCUT2D eigenvalue weighted by atomic mass is 32.2. The number of carbonyl (C=O) groups excluding carboxylic acids is 1. The van der Waals surface area contributed by atoms with Crippen molar-refractivity contribution in [2.45, 2.75) is 31.7 Å². The lowest BCUT2D eigenvalue weighted by molar-refractivity contribution is -0.120. The van der Waals surface area contributed by atoms with Crippen LogP contribution in [0.5, 0.6) is 0 Å². The zero-order valence-corrected chi connectivity index (χ0v) is 12.8. The first-order chi connectivity index (χ1) is 9.36.